The summed E-state index contributed by atoms with van der Waals surface area (Å²) in [5.41, 5.74) is 0.739. The molecule has 2 rings (SSSR count). The van der Waals surface area contributed by atoms with Gasteiger partial charge in [-0.2, -0.15) is 0 Å². The molecule has 6 nitrogen and oxygen atoms in total. The Labute approximate surface area is 155 Å². The summed E-state index contributed by atoms with van der Waals surface area (Å²) in [4.78, 5) is 24.6. The minimum absolute atomic E-state index is 0.00198. The van der Waals surface area contributed by atoms with E-state index in [0.29, 0.717) is 27.3 Å². The van der Waals surface area contributed by atoms with Crippen LogP contribution in [0.2, 0.25) is 0 Å². The van der Waals surface area contributed by atoms with Gasteiger partial charge in [-0.05, 0) is 23.8 Å². The van der Waals surface area contributed by atoms with Gasteiger partial charge in [0.25, 0.3) is 5.91 Å². The van der Waals surface area contributed by atoms with Crippen molar-refractivity contribution < 1.29 is 24.2 Å². The van der Waals surface area contributed by atoms with E-state index in [0.717, 1.165) is 17.3 Å². The third-order valence-electron chi connectivity index (χ3n) is 3.26. The second-order valence-electron chi connectivity index (χ2n) is 4.97. The van der Waals surface area contributed by atoms with E-state index in [1.165, 1.54) is 12.0 Å². The van der Waals surface area contributed by atoms with Crippen LogP contribution in [0, 0.1) is 0 Å². The van der Waals surface area contributed by atoms with E-state index in [9.17, 15) is 14.7 Å². The lowest BCUT2D eigenvalue weighted by molar-refractivity contribution is -0.305. The van der Waals surface area contributed by atoms with Crippen molar-refractivity contribution in [1.29, 1.82) is 0 Å². The molecule has 1 heterocycles. The van der Waals surface area contributed by atoms with Crippen LogP contribution in [0.25, 0.3) is 6.08 Å². The molecule has 0 unspecified atom stereocenters. The average molecular weight is 378 g/mol. The van der Waals surface area contributed by atoms with Crippen LogP contribution in [0.5, 0.6) is 11.5 Å². The first-order valence-electron chi connectivity index (χ1n) is 7.33. The van der Waals surface area contributed by atoms with Gasteiger partial charge in [0.15, 0.2) is 11.5 Å². The van der Waals surface area contributed by atoms with Gasteiger partial charge in [0.05, 0.1) is 12.0 Å². The highest BCUT2D eigenvalue weighted by molar-refractivity contribution is 8.26. The molecule has 0 atom stereocenters. The van der Waals surface area contributed by atoms with Gasteiger partial charge in [0, 0.05) is 18.9 Å². The fourth-order valence-electron chi connectivity index (χ4n) is 2.09. The van der Waals surface area contributed by atoms with Gasteiger partial charge >= 0.3 is 0 Å². The number of carbonyl (C=O) groups is 2. The summed E-state index contributed by atoms with van der Waals surface area (Å²) in [6, 6.07) is 5.27. The van der Waals surface area contributed by atoms with E-state index in [2.05, 4.69) is 6.58 Å². The minimum atomic E-state index is -1.22. The van der Waals surface area contributed by atoms with Crippen molar-refractivity contribution in [3.8, 4) is 11.5 Å². The van der Waals surface area contributed by atoms with Crippen molar-refractivity contribution in [2.24, 2.45) is 0 Å². The molecule has 0 N–H and O–H groups in total. The minimum Gasteiger partial charge on any atom is -0.550 e. The molecule has 1 amide bonds. The van der Waals surface area contributed by atoms with Crippen LogP contribution in [-0.2, 0) is 9.59 Å². The number of hydrogen-bond acceptors (Lipinski definition) is 7. The molecule has 25 heavy (non-hydrogen) atoms. The predicted octanol–water partition coefficient (Wildman–Crippen LogP) is 1.60. The summed E-state index contributed by atoms with van der Waals surface area (Å²) in [5.74, 6) is -0.441. The number of carboxylic acid groups (broad SMARTS) is 1. The first-order chi connectivity index (χ1) is 12.0. The van der Waals surface area contributed by atoms with Crippen molar-refractivity contribution in [2.45, 2.75) is 6.42 Å². The molecule has 1 saturated heterocycles. The van der Waals surface area contributed by atoms with E-state index in [4.69, 9.17) is 21.7 Å². The third kappa shape index (κ3) is 4.83. The van der Waals surface area contributed by atoms with Gasteiger partial charge < -0.3 is 19.4 Å². The highest BCUT2D eigenvalue weighted by Gasteiger charge is 2.31. The molecule has 0 aromatic heterocycles. The van der Waals surface area contributed by atoms with Crippen molar-refractivity contribution in [3.63, 3.8) is 0 Å². The zero-order valence-corrected chi connectivity index (χ0v) is 15.2. The summed E-state index contributed by atoms with van der Waals surface area (Å²) >= 11 is 6.27. The van der Waals surface area contributed by atoms with Gasteiger partial charge in [-0.3, -0.25) is 9.69 Å². The molecule has 8 heteroatoms. The van der Waals surface area contributed by atoms with Crippen LogP contribution in [0.15, 0.2) is 35.8 Å². The van der Waals surface area contributed by atoms with E-state index in [-0.39, 0.29) is 18.9 Å². The quantitative estimate of drug-likeness (QED) is 0.386. The molecule has 0 spiro atoms. The Morgan fingerprint density at radius 1 is 1.44 bits per heavy atom. The molecule has 1 aliphatic heterocycles. The van der Waals surface area contributed by atoms with Crippen LogP contribution in [0.1, 0.15) is 12.0 Å². The predicted molar refractivity (Wildman–Crippen MR) is 98.2 cm³/mol. The number of ether oxygens (including phenoxy) is 2. The molecular weight excluding hydrogens is 362 g/mol. The maximum Gasteiger partial charge on any atom is 0.266 e. The number of benzene rings is 1. The normalized spacial score (nSPS) is 15.6. The molecule has 0 aliphatic carbocycles. The Kier molecular flexibility index (Phi) is 6.60. The number of thiocarbonyl (C=S) groups is 1. The first kappa shape index (κ1) is 19.0. The monoisotopic (exact) mass is 378 g/mol. The van der Waals surface area contributed by atoms with Crippen molar-refractivity contribution >= 4 is 46.3 Å². The topological polar surface area (TPSA) is 78.9 Å². The molecule has 132 valence electrons. The maximum absolute atomic E-state index is 12.4. The molecule has 0 saturated carbocycles. The van der Waals surface area contributed by atoms with Crippen LogP contribution in [0.4, 0.5) is 0 Å². The third-order valence-corrected chi connectivity index (χ3v) is 4.63. The van der Waals surface area contributed by atoms with Crippen molar-refractivity contribution in [2.75, 3.05) is 20.3 Å². The Hall–Kier alpha value is -2.32. The SMILES string of the molecule is C=CCOc1ccc(/C=C2\SC(=S)N(CCC(=O)[O-])C2=O)cc1OC. The number of thioether (sulfide) groups is 1. The lowest BCUT2D eigenvalue weighted by atomic mass is 10.2. The van der Waals surface area contributed by atoms with Gasteiger partial charge in [0.1, 0.15) is 10.9 Å². The summed E-state index contributed by atoms with van der Waals surface area (Å²) in [6.07, 6.45) is 3.05. The molecule has 1 aromatic carbocycles. The second kappa shape index (κ2) is 8.68. The number of hydrogen-bond donors (Lipinski definition) is 0. The van der Waals surface area contributed by atoms with Crippen LogP contribution < -0.4 is 14.6 Å². The zero-order valence-electron chi connectivity index (χ0n) is 13.5. The molecule has 0 radical (unpaired) electrons. The average Bonchev–Trinajstić information content (AvgIpc) is 2.85. The standard InChI is InChI=1S/C17H17NO5S2/c1-3-8-23-12-5-4-11(9-13(12)22-2)10-14-16(21)18(17(24)25-14)7-6-15(19)20/h3-5,9-10H,1,6-8H2,2H3,(H,19,20)/p-1/b14-10-. The molecular formula is C17H16NO5S2-. The van der Waals surface area contributed by atoms with Gasteiger partial charge in [-0.25, -0.2) is 0 Å². The summed E-state index contributed by atoms with van der Waals surface area (Å²) in [5, 5.41) is 10.6. The van der Waals surface area contributed by atoms with E-state index in [1.54, 1.807) is 30.4 Å². The van der Waals surface area contributed by atoms with Gasteiger partial charge in [-0.1, -0.05) is 42.7 Å². The smallest absolute Gasteiger partial charge is 0.266 e. The largest absolute Gasteiger partial charge is 0.550 e. The zero-order chi connectivity index (χ0) is 18.4. The second-order valence-corrected chi connectivity index (χ2v) is 6.64. The fourth-order valence-corrected chi connectivity index (χ4v) is 3.40. The number of carboxylic acids is 1. The summed E-state index contributed by atoms with van der Waals surface area (Å²) in [7, 11) is 1.53. The van der Waals surface area contributed by atoms with E-state index < -0.39 is 5.97 Å². The lowest BCUT2D eigenvalue weighted by Crippen LogP contribution is -2.33. The molecule has 1 aliphatic rings. The van der Waals surface area contributed by atoms with Crippen LogP contribution in [0.3, 0.4) is 0 Å². The van der Waals surface area contributed by atoms with Crippen molar-refractivity contribution in [1.82, 2.24) is 4.90 Å². The summed E-state index contributed by atoms with van der Waals surface area (Å²) < 4.78 is 11.1. The van der Waals surface area contributed by atoms with Gasteiger partial charge in [0.2, 0.25) is 0 Å². The number of carbonyl (C=O) groups excluding carboxylic acids is 2. The Morgan fingerprint density at radius 3 is 2.84 bits per heavy atom. The van der Waals surface area contributed by atoms with E-state index in [1.807, 2.05) is 0 Å². The first-order valence-corrected chi connectivity index (χ1v) is 8.55. The van der Waals surface area contributed by atoms with Crippen LogP contribution in [-0.4, -0.2) is 41.4 Å². The maximum atomic E-state index is 12.4. The molecule has 1 aromatic rings. The number of amides is 1. The number of aliphatic carboxylic acids is 1. The Balaban J connectivity index is 2.19. The Bertz CT molecular complexity index is 745. The summed E-state index contributed by atoms with van der Waals surface area (Å²) in [6.45, 7) is 3.95. The fraction of sp³-hybridized carbons (Fsp3) is 0.235. The Morgan fingerprint density at radius 2 is 2.20 bits per heavy atom. The number of nitrogens with zero attached hydrogens (tertiary/aromatic N) is 1. The van der Waals surface area contributed by atoms with E-state index >= 15 is 0 Å². The number of rotatable bonds is 8. The van der Waals surface area contributed by atoms with Crippen LogP contribution >= 0.6 is 24.0 Å². The highest BCUT2D eigenvalue weighted by Crippen LogP contribution is 2.34. The highest BCUT2D eigenvalue weighted by atomic mass is 32.2. The lowest BCUT2D eigenvalue weighted by Gasteiger charge is -2.14. The molecule has 1 fully saturated rings. The van der Waals surface area contributed by atoms with Gasteiger partial charge in [-0.15, -0.1) is 0 Å². The van der Waals surface area contributed by atoms with Crippen molar-refractivity contribution in [3.05, 3.63) is 41.3 Å². The number of methoxy groups -OCH3 is 1. The molecule has 0 bridgehead atoms.